The molecule has 2 atom stereocenters. The molecule has 1 fully saturated rings. The first kappa shape index (κ1) is 15.3. The number of likely N-dealkylation sites (tertiary alicyclic amines) is 1. The SMILES string of the molecule is CCC(=O)N1CC[C@H](N[C@@H]2CCCOc3ccc(F)cc32)C1. The van der Waals surface area contributed by atoms with Crippen LogP contribution in [0.1, 0.15) is 44.2 Å². The highest BCUT2D eigenvalue weighted by atomic mass is 19.1. The molecule has 1 aromatic carbocycles. The Morgan fingerprint density at radius 2 is 2.32 bits per heavy atom. The molecule has 1 aromatic rings. The Morgan fingerprint density at radius 3 is 3.14 bits per heavy atom. The van der Waals surface area contributed by atoms with Crippen molar-refractivity contribution in [3.05, 3.63) is 29.6 Å². The zero-order valence-corrected chi connectivity index (χ0v) is 13.0. The van der Waals surface area contributed by atoms with Gasteiger partial charge < -0.3 is 15.0 Å². The summed E-state index contributed by atoms with van der Waals surface area (Å²) in [5, 5.41) is 3.61. The molecule has 4 nitrogen and oxygen atoms in total. The number of benzene rings is 1. The quantitative estimate of drug-likeness (QED) is 0.933. The maximum absolute atomic E-state index is 13.6. The van der Waals surface area contributed by atoms with E-state index in [0.717, 1.165) is 43.7 Å². The summed E-state index contributed by atoms with van der Waals surface area (Å²) in [4.78, 5) is 13.7. The molecule has 0 unspecified atom stereocenters. The van der Waals surface area contributed by atoms with Gasteiger partial charge in [-0.05, 0) is 37.5 Å². The maximum Gasteiger partial charge on any atom is 0.222 e. The minimum atomic E-state index is -0.231. The number of nitrogens with one attached hydrogen (secondary N) is 1. The first-order valence-corrected chi connectivity index (χ1v) is 8.13. The summed E-state index contributed by atoms with van der Waals surface area (Å²) in [6.07, 6.45) is 3.37. The van der Waals surface area contributed by atoms with Crippen LogP contribution in [-0.4, -0.2) is 36.5 Å². The number of carbonyl (C=O) groups is 1. The van der Waals surface area contributed by atoms with Gasteiger partial charge in [-0.1, -0.05) is 6.92 Å². The second kappa shape index (κ2) is 6.65. The number of halogens is 1. The van der Waals surface area contributed by atoms with Crippen molar-refractivity contribution in [2.45, 2.75) is 44.7 Å². The van der Waals surface area contributed by atoms with Gasteiger partial charge in [0.25, 0.3) is 0 Å². The van der Waals surface area contributed by atoms with Crippen LogP contribution in [-0.2, 0) is 4.79 Å². The third-order valence-electron chi connectivity index (χ3n) is 4.52. The Kier molecular flexibility index (Phi) is 4.62. The molecule has 0 spiro atoms. The molecule has 0 aliphatic carbocycles. The lowest BCUT2D eigenvalue weighted by Gasteiger charge is -2.23. The summed E-state index contributed by atoms with van der Waals surface area (Å²) in [6, 6.07) is 5.09. The summed E-state index contributed by atoms with van der Waals surface area (Å²) >= 11 is 0. The average Bonchev–Trinajstić information content (AvgIpc) is 2.90. The fraction of sp³-hybridized carbons (Fsp3) is 0.588. The second-order valence-electron chi connectivity index (χ2n) is 6.07. The van der Waals surface area contributed by atoms with Crippen LogP contribution in [0, 0.1) is 5.82 Å². The predicted molar refractivity (Wildman–Crippen MR) is 82.3 cm³/mol. The minimum Gasteiger partial charge on any atom is -0.493 e. The largest absolute Gasteiger partial charge is 0.493 e. The van der Waals surface area contributed by atoms with Gasteiger partial charge in [0.2, 0.25) is 5.91 Å². The standard InChI is InChI=1S/C17H23FN2O2/c1-2-17(21)20-8-7-13(11-20)19-15-4-3-9-22-16-6-5-12(18)10-14(15)16/h5-6,10,13,15,19H,2-4,7-9,11H2,1H3/t13-,15+/m0/s1. The lowest BCUT2D eigenvalue weighted by atomic mass is 10.0. The zero-order valence-electron chi connectivity index (χ0n) is 13.0. The van der Waals surface area contributed by atoms with E-state index in [-0.39, 0.29) is 23.8 Å². The van der Waals surface area contributed by atoms with E-state index in [1.165, 1.54) is 6.07 Å². The molecule has 3 rings (SSSR count). The van der Waals surface area contributed by atoms with E-state index in [4.69, 9.17) is 4.74 Å². The molecule has 2 aliphatic rings. The Labute approximate surface area is 130 Å². The highest BCUT2D eigenvalue weighted by Crippen LogP contribution is 2.33. The number of nitrogens with zero attached hydrogens (tertiary/aromatic N) is 1. The van der Waals surface area contributed by atoms with Crippen molar-refractivity contribution in [1.29, 1.82) is 0 Å². The van der Waals surface area contributed by atoms with Gasteiger partial charge in [0.05, 0.1) is 6.61 Å². The first-order chi connectivity index (χ1) is 10.7. The topological polar surface area (TPSA) is 41.6 Å². The molecular weight excluding hydrogens is 283 g/mol. The van der Waals surface area contributed by atoms with Crippen LogP contribution in [0.25, 0.3) is 0 Å². The molecule has 120 valence electrons. The van der Waals surface area contributed by atoms with E-state index in [9.17, 15) is 9.18 Å². The van der Waals surface area contributed by atoms with Crippen molar-refractivity contribution < 1.29 is 13.9 Å². The van der Waals surface area contributed by atoms with Crippen LogP contribution in [0.5, 0.6) is 5.75 Å². The van der Waals surface area contributed by atoms with Gasteiger partial charge in [-0.3, -0.25) is 4.79 Å². The van der Waals surface area contributed by atoms with Crippen LogP contribution < -0.4 is 10.1 Å². The van der Waals surface area contributed by atoms with Gasteiger partial charge in [-0.15, -0.1) is 0 Å². The highest BCUT2D eigenvalue weighted by Gasteiger charge is 2.29. The van der Waals surface area contributed by atoms with Crippen molar-refractivity contribution in [1.82, 2.24) is 10.2 Å². The molecule has 0 aromatic heterocycles. The van der Waals surface area contributed by atoms with Crippen molar-refractivity contribution in [2.75, 3.05) is 19.7 Å². The fourth-order valence-corrected chi connectivity index (χ4v) is 3.35. The minimum absolute atomic E-state index is 0.0925. The van der Waals surface area contributed by atoms with Gasteiger partial charge in [-0.2, -0.15) is 0 Å². The van der Waals surface area contributed by atoms with E-state index < -0.39 is 0 Å². The van der Waals surface area contributed by atoms with E-state index in [1.54, 1.807) is 12.1 Å². The number of hydrogen-bond donors (Lipinski definition) is 1. The molecule has 2 heterocycles. The summed E-state index contributed by atoms with van der Waals surface area (Å²) in [6.45, 7) is 4.12. The summed E-state index contributed by atoms with van der Waals surface area (Å²) < 4.78 is 19.3. The predicted octanol–water partition coefficient (Wildman–Crippen LogP) is 2.64. The van der Waals surface area contributed by atoms with Crippen molar-refractivity contribution >= 4 is 5.91 Å². The molecule has 0 saturated carbocycles. The number of ether oxygens (including phenoxy) is 1. The van der Waals surface area contributed by atoms with Crippen LogP contribution in [0.2, 0.25) is 0 Å². The third kappa shape index (κ3) is 3.24. The smallest absolute Gasteiger partial charge is 0.222 e. The number of fused-ring (bicyclic) bond motifs is 1. The third-order valence-corrected chi connectivity index (χ3v) is 4.52. The lowest BCUT2D eigenvalue weighted by Crippen LogP contribution is -2.37. The summed E-state index contributed by atoms with van der Waals surface area (Å²) in [5.41, 5.74) is 0.901. The molecule has 5 heteroatoms. The van der Waals surface area contributed by atoms with Crippen molar-refractivity contribution in [2.24, 2.45) is 0 Å². The Morgan fingerprint density at radius 1 is 1.45 bits per heavy atom. The molecule has 1 saturated heterocycles. The van der Waals surface area contributed by atoms with E-state index in [0.29, 0.717) is 13.0 Å². The van der Waals surface area contributed by atoms with E-state index >= 15 is 0 Å². The van der Waals surface area contributed by atoms with Gasteiger partial charge in [0.15, 0.2) is 0 Å². The molecule has 1 N–H and O–H groups in total. The van der Waals surface area contributed by atoms with Crippen LogP contribution in [0.3, 0.4) is 0 Å². The molecule has 0 bridgehead atoms. The number of carbonyl (C=O) groups excluding carboxylic acids is 1. The van der Waals surface area contributed by atoms with E-state index in [1.807, 2.05) is 11.8 Å². The van der Waals surface area contributed by atoms with Crippen LogP contribution in [0.4, 0.5) is 4.39 Å². The average molecular weight is 306 g/mol. The van der Waals surface area contributed by atoms with Crippen molar-refractivity contribution in [3.8, 4) is 5.75 Å². The van der Waals surface area contributed by atoms with Gasteiger partial charge in [-0.25, -0.2) is 4.39 Å². The number of amides is 1. The zero-order chi connectivity index (χ0) is 15.5. The molecular formula is C17H23FN2O2. The maximum atomic E-state index is 13.6. The Bertz CT molecular complexity index is 549. The molecule has 1 amide bonds. The van der Waals surface area contributed by atoms with E-state index in [2.05, 4.69) is 5.32 Å². The van der Waals surface area contributed by atoms with Gasteiger partial charge >= 0.3 is 0 Å². The monoisotopic (exact) mass is 306 g/mol. The van der Waals surface area contributed by atoms with Crippen LogP contribution in [0.15, 0.2) is 18.2 Å². The number of hydrogen-bond acceptors (Lipinski definition) is 3. The second-order valence-corrected chi connectivity index (χ2v) is 6.07. The fourth-order valence-electron chi connectivity index (χ4n) is 3.35. The number of rotatable bonds is 3. The molecule has 22 heavy (non-hydrogen) atoms. The molecule has 2 aliphatic heterocycles. The lowest BCUT2D eigenvalue weighted by molar-refractivity contribution is -0.129. The van der Waals surface area contributed by atoms with Gasteiger partial charge in [0.1, 0.15) is 11.6 Å². The Hall–Kier alpha value is -1.62. The summed E-state index contributed by atoms with van der Waals surface area (Å²) in [5.74, 6) is 0.751. The first-order valence-electron chi connectivity index (χ1n) is 8.13. The Balaban J connectivity index is 1.71. The molecule has 0 radical (unpaired) electrons. The normalized spacial score (nSPS) is 24.5. The van der Waals surface area contributed by atoms with Crippen molar-refractivity contribution in [3.63, 3.8) is 0 Å². The van der Waals surface area contributed by atoms with Crippen LogP contribution >= 0.6 is 0 Å². The highest BCUT2D eigenvalue weighted by molar-refractivity contribution is 5.76. The van der Waals surface area contributed by atoms with Gasteiger partial charge in [0, 0.05) is 37.2 Å². The summed E-state index contributed by atoms with van der Waals surface area (Å²) in [7, 11) is 0.